The normalized spacial score (nSPS) is 15.2. The van der Waals surface area contributed by atoms with Crippen molar-refractivity contribution in [1.29, 1.82) is 0 Å². The van der Waals surface area contributed by atoms with Crippen LogP contribution in [0.25, 0.3) is 0 Å². The van der Waals surface area contributed by atoms with Crippen LogP contribution in [0.15, 0.2) is 26.8 Å². The number of hydrogen-bond acceptors (Lipinski definition) is 9. The summed E-state index contributed by atoms with van der Waals surface area (Å²) in [6, 6.07) is 1.57. The fourth-order valence-corrected chi connectivity index (χ4v) is 3.15. The Morgan fingerprint density at radius 2 is 2.12 bits per heavy atom. The number of amides is 1. The van der Waals surface area contributed by atoms with Crippen LogP contribution < -0.4 is 15.0 Å². The Balaban J connectivity index is 1.75. The number of ether oxygens (including phenoxy) is 1. The quantitative estimate of drug-likeness (QED) is 0.823. The topological polar surface area (TPSA) is 96.6 Å². The van der Waals surface area contributed by atoms with Crippen LogP contribution in [-0.4, -0.2) is 73.3 Å². The largest absolute Gasteiger partial charge is 0.480 e. The molecule has 0 bridgehead atoms. The molecule has 1 saturated heterocycles. The Bertz CT molecular complexity index is 745. The summed E-state index contributed by atoms with van der Waals surface area (Å²) in [5.74, 6) is 0.814. The molecule has 3 rings (SSSR count). The minimum atomic E-state index is -0.302. The number of carbonyl (C=O) groups excluding carboxylic acids is 1. The Hall–Kier alpha value is -2.33. The first kappa shape index (κ1) is 17.5. The van der Waals surface area contributed by atoms with Gasteiger partial charge < -0.3 is 24.4 Å². The first-order valence-electron chi connectivity index (χ1n) is 7.82. The minimum Gasteiger partial charge on any atom is -0.480 e. The molecule has 1 aliphatic rings. The zero-order valence-electron chi connectivity index (χ0n) is 14.4. The molecule has 1 fully saturated rings. The second kappa shape index (κ2) is 7.70. The zero-order valence-corrected chi connectivity index (χ0v) is 15.2. The van der Waals surface area contributed by atoms with Gasteiger partial charge in [0.25, 0.3) is 5.91 Å². The van der Waals surface area contributed by atoms with Gasteiger partial charge in [0.1, 0.15) is 0 Å². The molecule has 9 nitrogen and oxygen atoms in total. The first-order valence-corrected chi connectivity index (χ1v) is 8.63. The van der Waals surface area contributed by atoms with Gasteiger partial charge in [-0.05, 0) is 18.8 Å². The predicted octanol–water partition coefficient (Wildman–Crippen LogP) is 0.736. The van der Waals surface area contributed by atoms with Crippen molar-refractivity contribution < 1.29 is 14.1 Å². The van der Waals surface area contributed by atoms with E-state index in [0.29, 0.717) is 21.8 Å². The zero-order chi connectivity index (χ0) is 17.8. The molecule has 25 heavy (non-hydrogen) atoms. The van der Waals surface area contributed by atoms with E-state index in [1.807, 2.05) is 0 Å². The van der Waals surface area contributed by atoms with Crippen LogP contribution in [-0.2, 0) is 0 Å². The van der Waals surface area contributed by atoms with E-state index < -0.39 is 0 Å². The molecule has 0 radical (unpaired) electrons. The number of nitrogens with zero attached hydrogens (tertiary/aromatic N) is 5. The molecule has 0 aromatic carbocycles. The van der Waals surface area contributed by atoms with Gasteiger partial charge in [-0.2, -0.15) is 4.98 Å². The third kappa shape index (κ3) is 4.02. The molecule has 1 amide bonds. The van der Waals surface area contributed by atoms with Crippen molar-refractivity contribution in [2.75, 3.05) is 52.3 Å². The van der Waals surface area contributed by atoms with Gasteiger partial charge in [-0.1, -0.05) is 5.16 Å². The van der Waals surface area contributed by atoms with Gasteiger partial charge >= 0.3 is 0 Å². The van der Waals surface area contributed by atoms with Crippen LogP contribution in [0.4, 0.5) is 5.95 Å². The Morgan fingerprint density at radius 3 is 2.80 bits per heavy atom. The lowest BCUT2D eigenvalue weighted by atomic mass is 10.3. The van der Waals surface area contributed by atoms with Crippen molar-refractivity contribution in [2.45, 2.75) is 9.99 Å². The van der Waals surface area contributed by atoms with Gasteiger partial charge in [0.05, 0.1) is 18.2 Å². The van der Waals surface area contributed by atoms with Crippen molar-refractivity contribution >= 4 is 23.6 Å². The fourth-order valence-electron chi connectivity index (χ4n) is 2.37. The highest BCUT2D eigenvalue weighted by Gasteiger charge is 2.20. The van der Waals surface area contributed by atoms with Gasteiger partial charge in [-0.25, -0.2) is 4.98 Å². The van der Waals surface area contributed by atoms with Crippen molar-refractivity contribution in [3.8, 4) is 5.88 Å². The Kier molecular flexibility index (Phi) is 5.39. The molecule has 0 aliphatic carbocycles. The Morgan fingerprint density at radius 1 is 1.36 bits per heavy atom. The molecule has 2 aromatic heterocycles. The number of hydrogen-bond donors (Lipinski definition) is 1. The van der Waals surface area contributed by atoms with E-state index in [4.69, 9.17) is 9.26 Å². The average molecular weight is 364 g/mol. The van der Waals surface area contributed by atoms with Gasteiger partial charge in [0.2, 0.25) is 11.8 Å². The maximum Gasteiger partial charge on any atom is 0.273 e. The maximum absolute atomic E-state index is 11.5. The predicted molar refractivity (Wildman–Crippen MR) is 92.3 cm³/mol. The molecule has 134 valence electrons. The number of aromatic nitrogens is 3. The highest BCUT2D eigenvalue weighted by Crippen LogP contribution is 2.34. The molecule has 0 saturated carbocycles. The molecule has 10 heteroatoms. The fraction of sp³-hybridized carbons (Fsp3) is 0.467. The smallest absolute Gasteiger partial charge is 0.273 e. The summed E-state index contributed by atoms with van der Waals surface area (Å²) in [6.07, 6.45) is 1.70. The summed E-state index contributed by atoms with van der Waals surface area (Å²) in [6.45, 7) is 3.71. The molecule has 2 aromatic rings. The highest BCUT2D eigenvalue weighted by atomic mass is 32.2. The number of piperazine rings is 1. The van der Waals surface area contributed by atoms with Crippen molar-refractivity contribution in [3.63, 3.8) is 0 Å². The van der Waals surface area contributed by atoms with E-state index in [1.54, 1.807) is 19.4 Å². The highest BCUT2D eigenvalue weighted by molar-refractivity contribution is 7.99. The molecular weight excluding hydrogens is 344 g/mol. The standard InChI is InChI=1S/C15H20N6O3S/c1-16-13(22)10-8-12(24-19-10)25-11-9-17-15(18-14(11)23-3)21-6-4-20(2)5-7-21/h8-9H,4-7H2,1-3H3,(H,16,22). The summed E-state index contributed by atoms with van der Waals surface area (Å²) in [7, 11) is 5.21. The number of anilines is 1. The number of nitrogens with one attached hydrogen (secondary N) is 1. The van der Waals surface area contributed by atoms with Crippen LogP contribution in [0.2, 0.25) is 0 Å². The lowest BCUT2D eigenvalue weighted by molar-refractivity contribution is 0.0953. The number of rotatable bonds is 5. The molecule has 3 heterocycles. The van der Waals surface area contributed by atoms with Crippen LogP contribution >= 0.6 is 11.8 Å². The van der Waals surface area contributed by atoms with Crippen LogP contribution in [0.3, 0.4) is 0 Å². The van der Waals surface area contributed by atoms with Gasteiger partial charge in [0.15, 0.2) is 10.8 Å². The first-order chi connectivity index (χ1) is 12.1. The van der Waals surface area contributed by atoms with E-state index in [2.05, 4.69) is 37.3 Å². The van der Waals surface area contributed by atoms with Crippen LogP contribution in [0, 0.1) is 0 Å². The molecular formula is C15H20N6O3S. The van der Waals surface area contributed by atoms with Gasteiger partial charge in [-0.15, -0.1) is 0 Å². The number of methoxy groups -OCH3 is 1. The summed E-state index contributed by atoms with van der Waals surface area (Å²) >= 11 is 1.26. The molecule has 0 spiro atoms. The van der Waals surface area contributed by atoms with Gasteiger partial charge in [0, 0.05) is 39.3 Å². The van der Waals surface area contributed by atoms with Crippen LogP contribution in [0.5, 0.6) is 5.88 Å². The third-order valence-electron chi connectivity index (χ3n) is 3.85. The monoisotopic (exact) mass is 364 g/mol. The molecule has 0 atom stereocenters. The molecule has 1 N–H and O–H groups in total. The minimum absolute atomic E-state index is 0.221. The van der Waals surface area contributed by atoms with E-state index in [0.717, 1.165) is 26.2 Å². The van der Waals surface area contributed by atoms with E-state index in [1.165, 1.54) is 18.8 Å². The summed E-state index contributed by atoms with van der Waals surface area (Å²) in [5.41, 5.74) is 0.221. The second-order valence-corrected chi connectivity index (χ2v) is 6.59. The summed E-state index contributed by atoms with van der Waals surface area (Å²) in [5, 5.41) is 6.70. The third-order valence-corrected chi connectivity index (χ3v) is 4.74. The van der Waals surface area contributed by atoms with Crippen molar-refractivity contribution in [1.82, 2.24) is 25.3 Å². The van der Waals surface area contributed by atoms with Crippen molar-refractivity contribution in [2.24, 2.45) is 0 Å². The Labute approximate surface area is 149 Å². The van der Waals surface area contributed by atoms with Crippen molar-refractivity contribution in [3.05, 3.63) is 18.0 Å². The summed E-state index contributed by atoms with van der Waals surface area (Å²) in [4.78, 5) is 25.6. The second-order valence-electron chi connectivity index (χ2n) is 5.55. The summed E-state index contributed by atoms with van der Waals surface area (Å²) < 4.78 is 10.6. The van der Waals surface area contributed by atoms with Gasteiger partial charge in [-0.3, -0.25) is 4.79 Å². The molecule has 0 unspecified atom stereocenters. The maximum atomic E-state index is 11.5. The lowest BCUT2D eigenvalue weighted by Gasteiger charge is -2.32. The number of carbonyl (C=O) groups is 1. The van der Waals surface area contributed by atoms with E-state index >= 15 is 0 Å². The van der Waals surface area contributed by atoms with E-state index in [9.17, 15) is 4.79 Å². The molecule has 1 aliphatic heterocycles. The SMILES string of the molecule is CNC(=O)c1cc(Sc2cnc(N3CCN(C)CC3)nc2OC)on1. The lowest BCUT2D eigenvalue weighted by Crippen LogP contribution is -2.45. The van der Waals surface area contributed by atoms with E-state index in [-0.39, 0.29) is 11.6 Å². The number of likely N-dealkylation sites (N-methyl/N-ethyl adjacent to an activating group) is 1. The van der Waals surface area contributed by atoms with Crippen LogP contribution in [0.1, 0.15) is 10.5 Å². The average Bonchev–Trinajstić information content (AvgIpc) is 3.10.